The summed E-state index contributed by atoms with van der Waals surface area (Å²) in [5, 5.41) is 0. The van der Waals surface area contributed by atoms with Gasteiger partial charge in [-0.3, -0.25) is 4.79 Å². The fraction of sp³-hybridized carbons (Fsp3) is 0.167. The number of para-hydroxylation sites is 1. The lowest BCUT2D eigenvalue weighted by Gasteiger charge is -2.18. The third kappa shape index (κ3) is 2.82. The smallest absolute Gasteiger partial charge is 0.196 e. The molecule has 0 fully saturated rings. The summed E-state index contributed by atoms with van der Waals surface area (Å²) in [7, 11) is 0. The van der Waals surface area contributed by atoms with Crippen LogP contribution >= 0.6 is 0 Å². The Bertz CT molecular complexity index is 684. The molecule has 0 aromatic heterocycles. The normalized spacial score (nSPS) is 15.5. The fourth-order valence-electron chi connectivity index (χ4n) is 2.31. The minimum Gasteiger partial charge on any atom is -0.494 e. The molecule has 3 rings (SSSR count). The van der Waals surface area contributed by atoms with E-state index in [4.69, 9.17) is 9.47 Å². The number of Topliss-reactive ketones (excluding diaryl/α,β-unsaturated/α-hetero) is 1. The van der Waals surface area contributed by atoms with Crippen molar-refractivity contribution in [1.82, 2.24) is 0 Å². The second-order valence-corrected chi connectivity index (χ2v) is 4.79. The molecule has 0 saturated heterocycles. The Kier molecular flexibility index (Phi) is 3.73. The minimum absolute atomic E-state index is 0.0331. The highest BCUT2D eigenvalue weighted by Gasteiger charge is 2.22. The Morgan fingerprint density at radius 3 is 2.67 bits per heavy atom. The van der Waals surface area contributed by atoms with Crippen molar-refractivity contribution < 1.29 is 14.3 Å². The number of carbonyl (C=O) groups excluding carboxylic acids is 1. The van der Waals surface area contributed by atoms with E-state index >= 15 is 0 Å². The van der Waals surface area contributed by atoms with Gasteiger partial charge in [-0.15, -0.1) is 0 Å². The van der Waals surface area contributed by atoms with E-state index in [0.717, 1.165) is 11.3 Å². The molecule has 21 heavy (non-hydrogen) atoms. The average Bonchev–Trinajstić information content (AvgIpc) is 2.52. The Hall–Kier alpha value is -2.55. The van der Waals surface area contributed by atoms with Crippen LogP contribution in [0.1, 0.15) is 22.8 Å². The molecule has 0 bridgehead atoms. The molecule has 3 heteroatoms. The van der Waals surface area contributed by atoms with Gasteiger partial charge in [0.25, 0.3) is 0 Å². The summed E-state index contributed by atoms with van der Waals surface area (Å²) in [4.78, 5) is 12.4. The molecular formula is C18H16O3. The maximum absolute atomic E-state index is 12.4. The van der Waals surface area contributed by atoms with Gasteiger partial charge in [0.05, 0.1) is 12.2 Å². The van der Waals surface area contributed by atoms with E-state index in [0.29, 0.717) is 30.1 Å². The fourth-order valence-corrected chi connectivity index (χ4v) is 2.31. The third-order valence-corrected chi connectivity index (χ3v) is 3.34. The van der Waals surface area contributed by atoms with Crippen molar-refractivity contribution in [3.63, 3.8) is 0 Å². The third-order valence-electron chi connectivity index (χ3n) is 3.34. The van der Waals surface area contributed by atoms with Crippen LogP contribution in [0.3, 0.4) is 0 Å². The van der Waals surface area contributed by atoms with Gasteiger partial charge in [-0.1, -0.05) is 24.3 Å². The lowest BCUT2D eigenvalue weighted by Crippen LogP contribution is -2.18. The first-order valence-corrected chi connectivity index (χ1v) is 6.98. The lowest BCUT2D eigenvalue weighted by atomic mass is 9.98. The monoisotopic (exact) mass is 280 g/mol. The zero-order chi connectivity index (χ0) is 14.7. The maximum atomic E-state index is 12.4. The molecule has 1 aliphatic heterocycles. The first kappa shape index (κ1) is 13.4. The zero-order valence-electron chi connectivity index (χ0n) is 11.8. The molecule has 0 unspecified atom stereocenters. The molecule has 106 valence electrons. The Morgan fingerprint density at radius 2 is 1.90 bits per heavy atom. The van der Waals surface area contributed by atoms with Crippen molar-refractivity contribution in [1.29, 1.82) is 0 Å². The largest absolute Gasteiger partial charge is 0.494 e. The van der Waals surface area contributed by atoms with Gasteiger partial charge in [0.2, 0.25) is 0 Å². The second kappa shape index (κ2) is 5.83. The molecule has 0 N–H and O–H groups in total. The topological polar surface area (TPSA) is 35.5 Å². The van der Waals surface area contributed by atoms with Gasteiger partial charge in [-0.2, -0.15) is 0 Å². The summed E-state index contributed by atoms with van der Waals surface area (Å²) in [5.41, 5.74) is 2.25. The highest BCUT2D eigenvalue weighted by atomic mass is 16.5. The van der Waals surface area contributed by atoms with Gasteiger partial charge in [0, 0.05) is 5.57 Å². The summed E-state index contributed by atoms with van der Waals surface area (Å²) >= 11 is 0. The van der Waals surface area contributed by atoms with Crippen molar-refractivity contribution >= 4 is 11.9 Å². The number of ether oxygens (including phenoxy) is 2. The van der Waals surface area contributed by atoms with Gasteiger partial charge < -0.3 is 9.47 Å². The van der Waals surface area contributed by atoms with E-state index in [1.54, 1.807) is 6.07 Å². The van der Waals surface area contributed by atoms with E-state index in [9.17, 15) is 4.79 Å². The van der Waals surface area contributed by atoms with Crippen LogP contribution in [-0.4, -0.2) is 19.0 Å². The van der Waals surface area contributed by atoms with Crippen LogP contribution in [-0.2, 0) is 0 Å². The van der Waals surface area contributed by atoms with E-state index in [1.807, 2.05) is 55.5 Å². The molecule has 2 aromatic carbocycles. The summed E-state index contributed by atoms with van der Waals surface area (Å²) in [6, 6.07) is 15.0. The Morgan fingerprint density at radius 1 is 1.14 bits per heavy atom. The average molecular weight is 280 g/mol. The predicted molar refractivity (Wildman–Crippen MR) is 81.9 cm³/mol. The van der Waals surface area contributed by atoms with Crippen LogP contribution < -0.4 is 9.47 Å². The van der Waals surface area contributed by atoms with E-state index in [1.165, 1.54) is 0 Å². The standard InChI is InChI=1S/C18H16O3/c1-2-20-15-9-7-13(8-10-15)11-14-12-21-17-6-4-3-5-16(17)18(14)19/h3-11H,2,12H2,1H3/b14-11+. The number of rotatable bonds is 3. The molecule has 1 aliphatic rings. The summed E-state index contributed by atoms with van der Waals surface area (Å²) in [5.74, 6) is 1.52. The molecular weight excluding hydrogens is 264 g/mol. The van der Waals surface area contributed by atoms with Gasteiger partial charge >= 0.3 is 0 Å². The van der Waals surface area contributed by atoms with Gasteiger partial charge in [-0.05, 0) is 42.8 Å². The van der Waals surface area contributed by atoms with Gasteiger partial charge in [0.1, 0.15) is 18.1 Å². The number of benzene rings is 2. The Balaban J connectivity index is 1.86. The van der Waals surface area contributed by atoms with Gasteiger partial charge in [-0.25, -0.2) is 0 Å². The summed E-state index contributed by atoms with van der Waals surface area (Å²) < 4.78 is 11.0. The number of carbonyl (C=O) groups is 1. The minimum atomic E-state index is 0.0331. The number of ketones is 1. The van der Waals surface area contributed by atoms with E-state index in [-0.39, 0.29) is 5.78 Å². The van der Waals surface area contributed by atoms with E-state index in [2.05, 4.69) is 0 Å². The lowest BCUT2D eigenvalue weighted by molar-refractivity contribution is 0.100. The highest BCUT2D eigenvalue weighted by molar-refractivity contribution is 6.14. The molecule has 0 spiro atoms. The first-order chi connectivity index (χ1) is 10.3. The molecule has 3 nitrogen and oxygen atoms in total. The molecule has 0 saturated carbocycles. The highest BCUT2D eigenvalue weighted by Crippen LogP contribution is 2.27. The van der Waals surface area contributed by atoms with Crippen LogP contribution in [0.15, 0.2) is 54.1 Å². The molecule has 0 amide bonds. The van der Waals surface area contributed by atoms with Crippen LogP contribution in [0.5, 0.6) is 11.5 Å². The quantitative estimate of drug-likeness (QED) is 0.803. The molecule has 0 atom stereocenters. The predicted octanol–water partition coefficient (Wildman–Crippen LogP) is 3.74. The molecule has 0 radical (unpaired) electrons. The van der Waals surface area contributed by atoms with Crippen molar-refractivity contribution in [2.75, 3.05) is 13.2 Å². The zero-order valence-corrected chi connectivity index (χ0v) is 11.8. The van der Waals surface area contributed by atoms with Crippen molar-refractivity contribution in [3.05, 3.63) is 65.2 Å². The molecule has 0 aliphatic carbocycles. The SMILES string of the molecule is CCOc1ccc(/C=C2\COc3ccccc3C2=O)cc1. The summed E-state index contributed by atoms with van der Waals surface area (Å²) in [6.45, 7) is 2.90. The van der Waals surface area contributed by atoms with Crippen molar-refractivity contribution in [2.45, 2.75) is 6.92 Å². The van der Waals surface area contributed by atoms with E-state index < -0.39 is 0 Å². The molecule has 2 aromatic rings. The van der Waals surface area contributed by atoms with Crippen LogP contribution in [0, 0.1) is 0 Å². The first-order valence-electron chi connectivity index (χ1n) is 6.98. The number of hydrogen-bond donors (Lipinski definition) is 0. The van der Waals surface area contributed by atoms with Gasteiger partial charge in [0.15, 0.2) is 5.78 Å². The number of hydrogen-bond acceptors (Lipinski definition) is 3. The maximum Gasteiger partial charge on any atom is 0.196 e. The molecule has 1 heterocycles. The summed E-state index contributed by atoms with van der Waals surface area (Å²) in [6.07, 6.45) is 1.87. The Labute approximate surface area is 123 Å². The second-order valence-electron chi connectivity index (χ2n) is 4.79. The number of fused-ring (bicyclic) bond motifs is 1. The van der Waals surface area contributed by atoms with Crippen molar-refractivity contribution in [2.24, 2.45) is 0 Å². The van der Waals surface area contributed by atoms with Crippen LogP contribution in [0.25, 0.3) is 6.08 Å². The van der Waals surface area contributed by atoms with Crippen molar-refractivity contribution in [3.8, 4) is 11.5 Å². The van der Waals surface area contributed by atoms with Crippen LogP contribution in [0.2, 0.25) is 0 Å². The van der Waals surface area contributed by atoms with Crippen LogP contribution in [0.4, 0.5) is 0 Å².